The van der Waals surface area contributed by atoms with Gasteiger partial charge in [0.25, 0.3) is 0 Å². The molecule has 1 saturated carbocycles. The van der Waals surface area contributed by atoms with Gasteiger partial charge >= 0.3 is 0 Å². The molecule has 1 aromatic heterocycles. The second-order valence-electron chi connectivity index (χ2n) is 3.24. The predicted octanol–water partition coefficient (Wildman–Crippen LogP) is 1.71. The quantitative estimate of drug-likeness (QED) is 0.759. The van der Waals surface area contributed by atoms with E-state index in [4.69, 9.17) is 5.73 Å². The average molecular weight is 183 g/mol. The second-order valence-corrected chi connectivity index (χ2v) is 4.28. The Morgan fingerprint density at radius 3 is 2.83 bits per heavy atom. The smallest absolute Gasteiger partial charge is 0.187 e. The molecule has 1 heterocycles. The van der Waals surface area contributed by atoms with Crippen LogP contribution in [-0.4, -0.2) is 18.1 Å². The standard InChI is InChI=1S/C8H13N3S/c1-11(6-3-2-4-6)8-10-5-7(9)12-8/h5-6H,2-4,9H2,1H3. The van der Waals surface area contributed by atoms with Crippen LogP contribution in [0.3, 0.4) is 0 Å². The van der Waals surface area contributed by atoms with E-state index in [1.54, 1.807) is 17.5 Å². The molecule has 0 unspecified atom stereocenters. The minimum absolute atomic E-state index is 0.704. The van der Waals surface area contributed by atoms with Crippen LogP contribution in [0.2, 0.25) is 0 Å². The van der Waals surface area contributed by atoms with Crippen molar-refractivity contribution in [3.8, 4) is 0 Å². The third-order valence-corrected chi connectivity index (χ3v) is 3.35. The lowest BCUT2D eigenvalue weighted by molar-refractivity contribution is 0.401. The molecule has 12 heavy (non-hydrogen) atoms. The van der Waals surface area contributed by atoms with Crippen molar-refractivity contribution in [2.75, 3.05) is 17.7 Å². The summed E-state index contributed by atoms with van der Waals surface area (Å²) in [6.07, 6.45) is 5.69. The summed E-state index contributed by atoms with van der Waals surface area (Å²) in [5.41, 5.74) is 5.61. The Labute approximate surface area is 76.2 Å². The van der Waals surface area contributed by atoms with Crippen LogP contribution in [0.4, 0.5) is 10.1 Å². The number of nitrogens with zero attached hydrogens (tertiary/aromatic N) is 2. The number of nitrogens with two attached hydrogens (primary N) is 1. The predicted molar refractivity (Wildman–Crippen MR) is 52.6 cm³/mol. The minimum Gasteiger partial charge on any atom is -0.389 e. The highest BCUT2D eigenvalue weighted by molar-refractivity contribution is 7.19. The van der Waals surface area contributed by atoms with Gasteiger partial charge < -0.3 is 10.6 Å². The summed E-state index contributed by atoms with van der Waals surface area (Å²) in [6, 6.07) is 0.704. The molecule has 1 fully saturated rings. The monoisotopic (exact) mass is 183 g/mol. The topological polar surface area (TPSA) is 42.2 Å². The lowest BCUT2D eigenvalue weighted by Gasteiger charge is -2.34. The lowest BCUT2D eigenvalue weighted by Crippen LogP contribution is -2.36. The largest absolute Gasteiger partial charge is 0.389 e. The zero-order valence-corrected chi connectivity index (χ0v) is 7.97. The highest BCUT2D eigenvalue weighted by Gasteiger charge is 2.23. The third-order valence-electron chi connectivity index (χ3n) is 2.44. The molecular weight excluding hydrogens is 170 g/mol. The first-order valence-electron chi connectivity index (χ1n) is 4.21. The van der Waals surface area contributed by atoms with Crippen molar-refractivity contribution in [1.29, 1.82) is 0 Å². The maximum absolute atomic E-state index is 5.61. The zero-order chi connectivity index (χ0) is 8.55. The molecule has 1 aliphatic carbocycles. The van der Waals surface area contributed by atoms with Gasteiger partial charge in [0.2, 0.25) is 0 Å². The molecule has 1 aromatic rings. The number of anilines is 2. The Hall–Kier alpha value is -0.770. The highest BCUT2D eigenvalue weighted by atomic mass is 32.1. The fraction of sp³-hybridized carbons (Fsp3) is 0.625. The first-order chi connectivity index (χ1) is 5.77. The summed E-state index contributed by atoms with van der Waals surface area (Å²) in [6.45, 7) is 0. The van der Waals surface area contributed by atoms with E-state index >= 15 is 0 Å². The number of nitrogen functional groups attached to an aromatic ring is 1. The molecule has 4 heteroatoms. The summed E-state index contributed by atoms with van der Waals surface area (Å²) < 4.78 is 0. The first kappa shape index (κ1) is 7.86. The maximum atomic E-state index is 5.61. The number of hydrogen-bond acceptors (Lipinski definition) is 4. The van der Waals surface area contributed by atoms with Crippen LogP contribution in [0.25, 0.3) is 0 Å². The van der Waals surface area contributed by atoms with Crippen LogP contribution in [0.1, 0.15) is 19.3 Å². The van der Waals surface area contributed by atoms with E-state index in [1.165, 1.54) is 19.3 Å². The fourth-order valence-corrected chi connectivity index (χ4v) is 2.08. The normalized spacial score (nSPS) is 17.4. The van der Waals surface area contributed by atoms with Crippen LogP contribution in [-0.2, 0) is 0 Å². The van der Waals surface area contributed by atoms with Crippen LogP contribution in [0.15, 0.2) is 6.20 Å². The number of aromatic nitrogens is 1. The molecule has 0 aromatic carbocycles. The van der Waals surface area contributed by atoms with Gasteiger partial charge in [0.05, 0.1) is 6.20 Å². The molecule has 0 radical (unpaired) electrons. The molecule has 0 bridgehead atoms. The number of rotatable bonds is 2. The summed E-state index contributed by atoms with van der Waals surface area (Å²) in [5.74, 6) is 0. The number of hydrogen-bond donors (Lipinski definition) is 1. The van der Waals surface area contributed by atoms with Crippen molar-refractivity contribution in [1.82, 2.24) is 4.98 Å². The van der Waals surface area contributed by atoms with Gasteiger partial charge in [-0.25, -0.2) is 4.98 Å². The SMILES string of the molecule is CN(c1ncc(N)s1)C1CCC1. The Morgan fingerprint density at radius 2 is 2.42 bits per heavy atom. The van der Waals surface area contributed by atoms with Crippen molar-refractivity contribution < 1.29 is 0 Å². The van der Waals surface area contributed by atoms with Crippen LogP contribution < -0.4 is 10.6 Å². The summed E-state index contributed by atoms with van der Waals surface area (Å²) in [7, 11) is 2.10. The van der Waals surface area contributed by atoms with Gasteiger partial charge in [-0.3, -0.25) is 0 Å². The van der Waals surface area contributed by atoms with Gasteiger partial charge in [-0.15, -0.1) is 0 Å². The second kappa shape index (κ2) is 2.94. The Bertz CT molecular complexity index is 267. The van der Waals surface area contributed by atoms with E-state index in [9.17, 15) is 0 Å². The van der Waals surface area contributed by atoms with Crippen molar-refractivity contribution >= 4 is 21.5 Å². The number of thiazole rings is 1. The highest BCUT2D eigenvalue weighted by Crippen LogP contribution is 2.31. The van der Waals surface area contributed by atoms with Crippen LogP contribution >= 0.6 is 11.3 Å². The summed E-state index contributed by atoms with van der Waals surface area (Å²) in [4.78, 5) is 6.48. The summed E-state index contributed by atoms with van der Waals surface area (Å²) >= 11 is 1.57. The Morgan fingerprint density at radius 1 is 1.67 bits per heavy atom. The van der Waals surface area contributed by atoms with E-state index in [0.717, 1.165) is 10.1 Å². The zero-order valence-electron chi connectivity index (χ0n) is 7.16. The molecule has 0 amide bonds. The van der Waals surface area contributed by atoms with E-state index in [1.807, 2.05) is 0 Å². The molecule has 0 spiro atoms. The molecule has 0 atom stereocenters. The van der Waals surface area contributed by atoms with E-state index < -0.39 is 0 Å². The summed E-state index contributed by atoms with van der Waals surface area (Å²) in [5, 5.41) is 1.85. The Kier molecular flexibility index (Phi) is 1.92. The van der Waals surface area contributed by atoms with Crippen molar-refractivity contribution in [3.05, 3.63) is 6.20 Å². The molecule has 3 nitrogen and oxygen atoms in total. The van der Waals surface area contributed by atoms with Crippen molar-refractivity contribution in [3.63, 3.8) is 0 Å². The van der Waals surface area contributed by atoms with E-state index in [0.29, 0.717) is 6.04 Å². The fourth-order valence-electron chi connectivity index (χ4n) is 1.37. The first-order valence-corrected chi connectivity index (χ1v) is 5.03. The van der Waals surface area contributed by atoms with Gasteiger partial charge in [-0.2, -0.15) is 0 Å². The molecule has 2 N–H and O–H groups in total. The van der Waals surface area contributed by atoms with Gasteiger partial charge in [0.1, 0.15) is 5.00 Å². The molecule has 66 valence electrons. The average Bonchev–Trinajstić information content (AvgIpc) is 2.31. The van der Waals surface area contributed by atoms with Gasteiger partial charge in [-0.05, 0) is 19.3 Å². The molecular formula is C8H13N3S. The molecule has 0 saturated heterocycles. The van der Waals surface area contributed by atoms with E-state index in [2.05, 4.69) is 16.9 Å². The molecule has 2 rings (SSSR count). The van der Waals surface area contributed by atoms with Gasteiger partial charge in [-0.1, -0.05) is 11.3 Å². The molecule has 1 aliphatic rings. The van der Waals surface area contributed by atoms with Crippen molar-refractivity contribution in [2.45, 2.75) is 25.3 Å². The van der Waals surface area contributed by atoms with Crippen molar-refractivity contribution in [2.24, 2.45) is 0 Å². The van der Waals surface area contributed by atoms with Crippen LogP contribution in [0.5, 0.6) is 0 Å². The Balaban J connectivity index is 2.08. The minimum atomic E-state index is 0.704. The third kappa shape index (κ3) is 1.27. The maximum Gasteiger partial charge on any atom is 0.187 e. The van der Waals surface area contributed by atoms with E-state index in [-0.39, 0.29) is 0 Å². The molecule has 0 aliphatic heterocycles. The lowest BCUT2D eigenvalue weighted by atomic mass is 9.92. The van der Waals surface area contributed by atoms with Gasteiger partial charge in [0, 0.05) is 13.1 Å². The van der Waals surface area contributed by atoms with Crippen LogP contribution in [0, 0.1) is 0 Å². The van der Waals surface area contributed by atoms with Gasteiger partial charge in [0.15, 0.2) is 5.13 Å².